The average Bonchev–Trinajstić information content (AvgIpc) is 2.40. The number of aldehydes is 1. The molecule has 0 bridgehead atoms. The highest BCUT2D eigenvalue weighted by atomic mass is 19.1. The van der Waals surface area contributed by atoms with Crippen molar-refractivity contribution in [3.8, 4) is 22.6 Å². The lowest BCUT2D eigenvalue weighted by molar-refractivity contribution is 0.112. The van der Waals surface area contributed by atoms with Gasteiger partial charge in [-0.2, -0.15) is 0 Å². The number of benzene rings is 2. The Morgan fingerprint density at radius 2 is 1.95 bits per heavy atom. The number of phenols is 1. The fourth-order valence-corrected chi connectivity index (χ4v) is 1.84. The molecule has 0 saturated carbocycles. The van der Waals surface area contributed by atoms with Crippen molar-refractivity contribution in [2.45, 2.75) is 6.92 Å². The van der Waals surface area contributed by atoms with Crippen molar-refractivity contribution in [3.05, 3.63) is 47.8 Å². The number of carbonyl (C=O) groups is 1. The number of carbonyl (C=O) groups excluding carboxylic acids is 1. The minimum atomic E-state index is -0.510. The van der Waals surface area contributed by atoms with Crippen LogP contribution in [0.1, 0.15) is 17.3 Å². The number of rotatable bonds is 4. The molecule has 2 rings (SSSR count). The van der Waals surface area contributed by atoms with Crippen LogP contribution >= 0.6 is 0 Å². The van der Waals surface area contributed by atoms with Crippen LogP contribution in [0.2, 0.25) is 0 Å². The van der Waals surface area contributed by atoms with E-state index in [1.165, 1.54) is 12.1 Å². The quantitative estimate of drug-likeness (QED) is 0.857. The standard InChI is InChI=1S/C15H13FO3/c1-2-19-15-7-10(9-17)3-5-13(15)12-6-4-11(16)8-14(12)18/h3-9,18H,2H2,1H3. The van der Waals surface area contributed by atoms with Gasteiger partial charge in [-0.1, -0.05) is 6.07 Å². The fraction of sp³-hybridized carbons (Fsp3) is 0.133. The van der Waals surface area contributed by atoms with Gasteiger partial charge < -0.3 is 9.84 Å². The van der Waals surface area contributed by atoms with Gasteiger partial charge in [-0.25, -0.2) is 4.39 Å². The second kappa shape index (κ2) is 5.52. The van der Waals surface area contributed by atoms with Crippen LogP contribution < -0.4 is 4.74 Å². The highest BCUT2D eigenvalue weighted by Crippen LogP contribution is 2.36. The summed E-state index contributed by atoms with van der Waals surface area (Å²) >= 11 is 0. The van der Waals surface area contributed by atoms with E-state index >= 15 is 0 Å². The van der Waals surface area contributed by atoms with Crippen molar-refractivity contribution in [2.24, 2.45) is 0 Å². The van der Waals surface area contributed by atoms with E-state index < -0.39 is 5.82 Å². The van der Waals surface area contributed by atoms with Gasteiger partial charge in [-0.15, -0.1) is 0 Å². The van der Waals surface area contributed by atoms with E-state index in [0.29, 0.717) is 29.0 Å². The van der Waals surface area contributed by atoms with E-state index in [9.17, 15) is 14.3 Å². The minimum Gasteiger partial charge on any atom is -0.507 e. The Bertz CT molecular complexity index is 608. The number of halogens is 1. The van der Waals surface area contributed by atoms with E-state index in [0.717, 1.165) is 12.4 Å². The highest BCUT2D eigenvalue weighted by Gasteiger charge is 2.12. The lowest BCUT2D eigenvalue weighted by Crippen LogP contribution is -1.96. The van der Waals surface area contributed by atoms with E-state index in [1.807, 2.05) is 6.92 Å². The van der Waals surface area contributed by atoms with Gasteiger partial charge in [-0.05, 0) is 31.2 Å². The van der Waals surface area contributed by atoms with Crippen molar-refractivity contribution >= 4 is 6.29 Å². The first-order chi connectivity index (χ1) is 9.15. The summed E-state index contributed by atoms with van der Waals surface area (Å²) in [5.74, 6) is -0.197. The molecule has 0 amide bonds. The number of hydrogen-bond acceptors (Lipinski definition) is 3. The van der Waals surface area contributed by atoms with Gasteiger partial charge in [0.1, 0.15) is 23.6 Å². The molecule has 0 aliphatic heterocycles. The Balaban J connectivity index is 2.56. The van der Waals surface area contributed by atoms with Gasteiger partial charge >= 0.3 is 0 Å². The largest absolute Gasteiger partial charge is 0.507 e. The molecule has 0 radical (unpaired) electrons. The van der Waals surface area contributed by atoms with Crippen molar-refractivity contribution in [3.63, 3.8) is 0 Å². The van der Waals surface area contributed by atoms with E-state index in [4.69, 9.17) is 4.74 Å². The number of hydrogen-bond donors (Lipinski definition) is 1. The van der Waals surface area contributed by atoms with Crippen LogP contribution in [0.15, 0.2) is 36.4 Å². The molecule has 0 aliphatic rings. The molecule has 0 aliphatic carbocycles. The molecule has 19 heavy (non-hydrogen) atoms. The van der Waals surface area contributed by atoms with Crippen molar-refractivity contribution in [1.29, 1.82) is 0 Å². The summed E-state index contributed by atoms with van der Waals surface area (Å²) in [7, 11) is 0. The lowest BCUT2D eigenvalue weighted by atomic mass is 10.0. The number of aromatic hydroxyl groups is 1. The smallest absolute Gasteiger partial charge is 0.150 e. The predicted octanol–water partition coefficient (Wildman–Crippen LogP) is 3.41. The maximum Gasteiger partial charge on any atom is 0.150 e. The predicted molar refractivity (Wildman–Crippen MR) is 70.1 cm³/mol. The van der Waals surface area contributed by atoms with Gasteiger partial charge in [0, 0.05) is 22.8 Å². The van der Waals surface area contributed by atoms with Crippen LogP contribution in [0, 0.1) is 5.82 Å². The summed E-state index contributed by atoms with van der Waals surface area (Å²) in [5, 5.41) is 9.80. The zero-order chi connectivity index (χ0) is 13.8. The number of ether oxygens (including phenoxy) is 1. The molecule has 0 heterocycles. The Morgan fingerprint density at radius 3 is 2.58 bits per heavy atom. The molecular weight excluding hydrogens is 247 g/mol. The molecule has 1 N–H and O–H groups in total. The van der Waals surface area contributed by atoms with Crippen LogP contribution in [0.5, 0.6) is 11.5 Å². The van der Waals surface area contributed by atoms with E-state index in [1.54, 1.807) is 18.2 Å². The van der Waals surface area contributed by atoms with Gasteiger partial charge in [0.25, 0.3) is 0 Å². The van der Waals surface area contributed by atoms with Crippen molar-refractivity contribution < 1.29 is 19.0 Å². The minimum absolute atomic E-state index is 0.167. The summed E-state index contributed by atoms with van der Waals surface area (Å²) < 4.78 is 18.4. The third-order valence-electron chi connectivity index (χ3n) is 2.69. The zero-order valence-corrected chi connectivity index (χ0v) is 10.4. The van der Waals surface area contributed by atoms with E-state index in [2.05, 4.69) is 0 Å². The fourth-order valence-electron chi connectivity index (χ4n) is 1.84. The van der Waals surface area contributed by atoms with Crippen molar-refractivity contribution in [1.82, 2.24) is 0 Å². The van der Waals surface area contributed by atoms with Crippen LogP contribution in [-0.2, 0) is 0 Å². The highest BCUT2D eigenvalue weighted by molar-refractivity contribution is 5.82. The Hall–Kier alpha value is -2.36. The second-order valence-electron chi connectivity index (χ2n) is 3.97. The summed E-state index contributed by atoms with van der Waals surface area (Å²) in [6.07, 6.45) is 0.719. The van der Waals surface area contributed by atoms with Crippen LogP contribution in [0.3, 0.4) is 0 Å². The molecule has 0 saturated heterocycles. The Kier molecular flexibility index (Phi) is 3.80. The average molecular weight is 260 g/mol. The first-order valence-corrected chi connectivity index (χ1v) is 5.86. The Morgan fingerprint density at radius 1 is 1.21 bits per heavy atom. The molecule has 0 atom stereocenters. The Labute approximate surface area is 110 Å². The van der Waals surface area contributed by atoms with Crippen LogP contribution in [0.25, 0.3) is 11.1 Å². The zero-order valence-electron chi connectivity index (χ0n) is 10.4. The maximum atomic E-state index is 13.0. The van der Waals surface area contributed by atoms with Gasteiger partial charge in [0.2, 0.25) is 0 Å². The van der Waals surface area contributed by atoms with E-state index in [-0.39, 0.29) is 5.75 Å². The van der Waals surface area contributed by atoms with Crippen molar-refractivity contribution in [2.75, 3.05) is 6.61 Å². The topological polar surface area (TPSA) is 46.5 Å². The molecular formula is C15H13FO3. The summed E-state index contributed by atoms with van der Waals surface area (Å²) in [4.78, 5) is 10.8. The lowest BCUT2D eigenvalue weighted by Gasteiger charge is -2.12. The monoisotopic (exact) mass is 260 g/mol. The first kappa shape index (κ1) is 13.1. The van der Waals surface area contributed by atoms with Gasteiger partial charge in [0.15, 0.2) is 0 Å². The molecule has 98 valence electrons. The molecule has 2 aromatic carbocycles. The molecule has 0 aromatic heterocycles. The number of phenolic OH excluding ortho intramolecular Hbond substituents is 1. The summed E-state index contributed by atoms with van der Waals surface area (Å²) in [6, 6.07) is 8.66. The molecule has 0 unspecified atom stereocenters. The molecule has 0 fully saturated rings. The van der Waals surface area contributed by atoms with Crippen LogP contribution in [0.4, 0.5) is 4.39 Å². The third kappa shape index (κ3) is 2.73. The van der Waals surface area contributed by atoms with Gasteiger partial charge in [0.05, 0.1) is 6.61 Å². The normalized spacial score (nSPS) is 10.2. The first-order valence-electron chi connectivity index (χ1n) is 5.86. The summed E-state index contributed by atoms with van der Waals surface area (Å²) in [6.45, 7) is 2.25. The maximum absolute atomic E-state index is 13.0. The molecule has 0 spiro atoms. The summed E-state index contributed by atoms with van der Waals surface area (Å²) in [5.41, 5.74) is 1.56. The SMILES string of the molecule is CCOc1cc(C=O)ccc1-c1ccc(F)cc1O. The second-order valence-corrected chi connectivity index (χ2v) is 3.97. The molecule has 4 heteroatoms. The third-order valence-corrected chi connectivity index (χ3v) is 2.69. The van der Waals surface area contributed by atoms with Crippen LogP contribution in [-0.4, -0.2) is 18.0 Å². The molecule has 2 aromatic rings. The van der Waals surface area contributed by atoms with Gasteiger partial charge in [-0.3, -0.25) is 4.79 Å². The molecule has 3 nitrogen and oxygen atoms in total.